The first kappa shape index (κ1) is 13.8. The minimum atomic E-state index is -0.294. The number of carbonyl (C=O) groups is 1. The van der Waals surface area contributed by atoms with Gasteiger partial charge >= 0.3 is 0 Å². The normalized spacial score (nSPS) is 23.4. The zero-order valence-corrected chi connectivity index (χ0v) is 12.8. The van der Waals surface area contributed by atoms with Gasteiger partial charge in [-0.25, -0.2) is 4.39 Å². The van der Waals surface area contributed by atoms with Crippen LogP contribution in [0.4, 0.5) is 4.39 Å². The van der Waals surface area contributed by atoms with Gasteiger partial charge in [0.2, 0.25) is 0 Å². The van der Waals surface area contributed by atoms with Crippen LogP contribution in [0.5, 0.6) is 0 Å². The number of nitrogens with zero attached hydrogens (tertiary/aromatic N) is 1. The fourth-order valence-corrected chi connectivity index (χ4v) is 3.35. The molecular formula is C14H17FINO. The Hall–Kier alpha value is -0.650. The summed E-state index contributed by atoms with van der Waals surface area (Å²) in [6.45, 7) is 4.20. The lowest BCUT2D eigenvalue weighted by Gasteiger charge is -2.28. The summed E-state index contributed by atoms with van der Waals surface area (Å²) in [6.07, 6.45) is 3.11. The number of hydrogen-bond acceptors (Lipinski definition) is 1. The van der Waals surface area contributed by atoms with Crippen LogP contribution in [0.2, 0.25) is 0 Å². The second-order valence-corrected chi connectivity index (χ2v) is 5.99. The summed E-state index contributed by atoms with van der Waals surface area (Å²) in [6, 6.07) is 4.97. The molecule has 2 atom stereocenters. The van der Waals surface area contributed by atoms with Gasteiger partial charge in [0, 0.05) is 15.7 Å². The maximum Gasteiger partial charge on any atom is 0.255 e. The van der Waals surface area contributed by atoms with E-state index in [1.165, 1.54) is 12.1 Å². The number of benzene rings is 1. The summed E-state index contributed by atoms with van der Waals surface area (Å²) >= 11 is 2.03. The summed E-state index contributed by atoms with van der Waals surface area (Å²) in [4.78, 5) is 14.5. The zero-order valence-electron chi connectivity index (χ0n) is 10.6. The van der Waals surface area contributed by atoms with Gasteiger partial charge in [-0.2, -0.15) is 0 Å². The molecule has 0 aliphatic carbocycles. The van der Waals surface area contributed by atoms with Crippen molar-refractivity contribution in [1.29, 1.82) is 0 Å². The van der Waals surface area contributed by atoms with E-state index in [9.17, 15) is 9.18 Å². The van der Waals surface area contributed by atoms with Crippen LogP contribution in [-0.2, 0) is 0 Å². The molecule has 1 heterocycles. The van der Waals surface area contributed by atoms with Crippen molar-refractivity contribution in [2.24, 2.45) is 0 Å². The second-order valence-electron chi connectivity index (χ2n) is 4.83. The standard InChI is InChI=1S/C14H17FINO/c1-3-11-6-4-9(2)17(11)14(18)12-7-5-10(15)8-13(12)16/h5,7-9,11H,3-4,6H2,1-2H3. The van der Waals surface area contributed by atoms with Crippen molar-refractivity contribution in [1.82, 2.24) is 4.90 Å². The van der Waals surface area contributed by atoms with Crippen LogP contribution in [-0.4, -0.2) is 22.9 Å². The smallest absolute Gasteiger partial charge is 0.255 e. The van der Waals surface area contributed by atoms with E-state index in [0.717, 1.165) is 19.3 Å². The highest BCUT2D eigenvalue weighted by Crippen LogP contribution is 2.29. The van der Waals surface area contributed by atoms with Gasteiger partial charge in [-0.15, -0.1) is 0 Å². The first-order chi connectivity index (χ1) is 8.54. The molecule has 1 amide bonds. The largest absolute Gasteiger partial charge is 0.333 e. The van der Waals surface area contributed by atoms with Crippen LogP contribution in [0.3, 0.4) is 0 Å². The maximum atomic E-state index is 13.1. The van der Waals surface area contributed by atoms with Crippen LogP contribution in [0, 0.1) is 9.39 Å². The lowest BCUT2D eigenvalue weighted by Crippen LogP contribution is -2.40. The third kappa shape index (κ3) is 2.53. The molecule has 1 saturated heterocycles. The van der Waals surface area contributed by atoms with Crippen molar-refractivity contribution in [3.63, 3.8) is 0 Å². The highest BCUT2D eigenvalue weighted by atomic mass is 127. The fourth-order valence-electron chi connectivity index (χ4n) is 2.64. The van der Waals surface area contributed by atoms with E-state index < -0.39 is 0 Å². The number of likely N-dealkylation sites (tertiary alicyclic amines) is 1. The van der Waals surface area contributed by atoms with Gasteiger partial charge in [0.15, 0.2) is 0 Å². The van der Waals surface area contributed by atoms with Gasteiger partial charge in [-0.05, 0) is 67.0 Å². The van der Waals surface area contributed by atoms with E-state index in [2.05, 4.69) is 13.8 Å². The van der Waals surface area contributed by atoms with Gasteiger partial charge in [-0.3, -0.25) is 4.79 Å². The van der Waals surface area contributed by atoms with Crippen molar-refractivity contribution < 1.29 is 9.18 Å². The fraction of sp³-hybridized carbons (Fsp3) is 0.500. The predicted molar refractivity (Wildman–Crippen MR) is 78.1 cm³/mol. The first-order valence-corrected chi connectivity index (χ1v) is 7.40. The molecule has 0 spiro atoms. The van der Waals surface area contributed by atoms with E-state index in [-0.39, 0.29) is 17.8 Å². The third-order valence-electron chi connectivity index (χ3n) is 3.65. The second kappa shape index (κ2) is 5.55. The zero-order chi connectivity index (χ0) is 13.3. The number of amides is 1. The van der Waals surface area contributed by atoms with Gasteiger partial charge in [0.1, 0.15) is 5.82 Å². The van der Waals surface area contributed by atoms with Crippen LogP contribution in [0.1, 0.15) is 43.5 Å². The molecule has 0 aromatic heterocycles. The summed E-state index contributed by atoms with van der Waals surface area (Å²) < 4.78 is 13.8. The Morgan fingerprint density at radius 3 is 2.83 bits per heavy atom. The van der Waals surface area contributed by atoms with Crippen LogP contribution in [0.15, 0.2) is 18.2 Å². The Morgan fingerprint density at radius 1 is 1.50 bits per heavy atom. The Morgan fingerprint density at radius 2 is 2.22 bits per heavy atom. The van der Waals surface area contributed by atoms with Crippen molar-refractivity contribution in [2.75, 3.05) is 0 Å². The Bertz CT molecular complexity index is 463. The molecule has 2 unspecified atom stereocenters. The molecule has 2 nitrogen and oxygen atoms in total. The minimum absolute atomic E-state index is 0.0382. The molecule has 1 aliphatic rings. The van der Waals surface area contributed by atoms with E-state index >= 15 is 0 Å². The lowest BCUT2D eigenvalue weighted by molar-refractivity contribution is 0.0675. The summed E-state index contributed by atoms with van der Waals surface area (Å²) in [5, 5.41) is 0. The molecule has 1 fully saturated rings. The molecule has 1 aromatic rings. The van der Waals surface area contributed by atoms with Crippen molar-refractivity contribution >= 4 is 28.5 Å². The molecule has 98 valence electrons. The predicted octanol–water partition coefficient (Wildman–Crippen LogP) is 3.83. The van der Waals surface area contributed by atoms with Gasteiger partial charge in [0.25, 0.3) is 5.91 Å². The van der Waals surface area contributed by atoms with Crippen LogP contribution < -0.4 is 0 Å². The quantitative estimate of drug-likeness (QED) is 0.734. The molecule has 4 heteroatoms. The topological polar surface area (TPSA) is 20.3 Å². The molecule has 2 rings (SSSR count). The first-order valence-electron chi connectivity index (χ1n) is 6.32. The van der Waals surface area contributed by atoms with Gasteiger partial charge in [0.05, 0.1) is 5.56 Å². The molecule has 0 N–H and O–H groups in total. The summed E-state index contributed by atoms with van der Waals surface area (Å²) in [7, 11) is 0. The highest BCUT2D eigenvalue weighted by molar-refractivity contribution is 14.1. The molecule has 1 aromatic carbocycles. The Labute approximate surface area is 121 Å². The summed E-state index contributed by atoms with van der Waals surface area (Å²) in [5.74, 6) is -0.256. The average molecular weight is 361 g/mol. The SMILES string of the molecule is CCC1CCC(C)N1C(=O)c1ccc(F)cc1I. The van der Waals surface area contributed by atoms with E-state index in [0.29, 0.717) is 15.2 Å². The number of rotatable bonds is 2. The number of hydrogen-bond donors (Lipinski definition) is 0. The minimum Gasteiger partial charge on any atom is -0.333 e. The molecule has 0 radical (unpaired) electrons. The molecule has 0 saturated carbocycles. The van der Waals surface area contributed by atoms with Crippen LogP contribution >= 0.6 is 22.6 Å². The summed E-state index contributed by atoms with van der Waals surface area (Å²) in [5.41, 5.74) is 0.615. The Kier molecular flexibility index (Phi) is 4.25. The van der Waals surface area contributed by atoms with E-state index in [1.807, 2.05) is 27.5 Å². The van der Waals surface area contributed by atoms with Gasteiger partial charge < -0.3 is 4.90 Å². The molecule has 18 heavy (non-hydrogen) atoms. The molecule has 0 bridgehead atoms. The number of carbonyl (C=O) groups excluding carboxylic acids is 1. The van der Waals surface area contributed by atoms with E-state index in [1.54, 1.807) is 6.07 Å². The lowest BCUT2D eigenvalue weighted by atomic mass is 10.1. The average Bonchev–Trinajstić information content (AvgIpc) is 2.69. The number of halogens is 2. The van der Waals surface area contributed by atoms with Crippen molar-refractivity contribution in [3.05, 3.63) is 33.1 Å². The monoisotopic (exact) mass is 361 g/mol. The third-order valence-corrected chi connectivity index (χ3v) is 4.55. The van der Waals surface area contributed by atoms with Crippen molar-refractivity contribution in [2.45, 2.75) is 45.2 Å². The molecular weight excluding hydrogens is 344 g/mol. The van der Waals surface area contributed by atoms with Crippen LogP contribution in [0.25, 0.3) is 0 Å². The maximum absolute atomic E-state index is 13.1. The Balaban J connectivity index is 2.30. The molecule has 1 aliphatic heterocycles. The van der Waals surface area contributed by atoms with Crippen molar-refractivity contribution in [3.8, 4) is 0 Å². The van der Waals surface area contributed by atoms with E-state index in [4.69, 9.17) is 0 Å². The van der Waals surface area contributed by atoms with Gasteiger partial charge in [-0.1, -0.05) is 6.92 Å². The highest BCUT2D eigenvalue weighted by Gasteiger charge is 2.34.